The van der Waals surface area contributed by atoms with E-state index in [4.69, 9.17) is 16.7 Å². The zero-order chi connectivity index (χ0) is 12.0. The first-order valence-electron chi connectivity index (χ1n) is 4.78. The van der Waals surface area contributed by atoms with E-state index in [1.54, 1.807) is 11.8 Å². The third-order valence-corrected chi connectivity index (χ3v) is 3.11. The number of rotatable bonds is 6. The fraction of sp³-hybridized carbons (Fsp3) is 0.556. The summed E-state index contributed by atoms with van der Waals surface area (Å²) in [5.74, 6) is 0.823. The number of nitrogens with one attached hydrogen (secondary N) is 2. The standard InChI is InChI=1S/C9H14ClN3O2S/c1-16-5-6(2-3-14)12-7-4-11-13-9(15)8(7)10/h4,6,14H,2-3,5H2,1H3,(H2,12,13,15). The molecule has 0 bridgehead atoms. The summed E-state index contributed by atoms with van der Waals surface area (Å²) in [5, 5.41) is 18.0. The van der Waals surface area contributed by atoms with Crippen LogP contribution in [0.15, 0.2) is 11.0 Å². The molecule has 1 unspecified atom stereocenters. The molecule has 0 radical (unpaired) electrons. The van der Waals surface area contributed by atoms with E-state index < -0.39 is 5.56 Å². The lowest BCUT2D eigenvalue weighted by Gasteiger charge is -2.17. The first-order valence-corrected chi connectivity index (χ1v) is 6.55. The molecule has 3 N–H and O–H groups in total. The number of aliphatic hydroxyl groups is 1. The van der Waals surface area contributed by atoms with Crippen molar-refractivity contribution in [1.82, 2.24) is 10.2 Å². The van der Waals surface area contributed by atoms with Gasteiger partial charge in [-0.3, -0.25) is 4.79 Å². The number of hydrogen-bond donors (Lipinski definition) is 3. The maximum Gasteiger partial charge on any atom is 0.285 e. The summed E-state index contributed by atoms with van der Waals surface area (Å²) in [6.07, 6.45) is 4.04. The SMILES string of the molecule is CSCC(CCO)Nc1cn[nH]c(=O)c1Cl. The number of aliphatic hydroxyl groups excluding tert-OH is 1. The largest absolute Gasteiger partial charge is 0.396 e. The molecule has 5 nitrogen and oxygen atoms in total. The lowest BCUT2D eigenvalue weighted by molar-refractivity contribution is 0.282. The van der Waals surface area contributed by atoms with E-state index in [0.717, 1.165) is 5.75 Å². The lowest BCUT2D eigenvalue weighted by atomic mass is 10.2. The van der Waals surface area contributed by atoms with Gasteiger partial charge in [0.05, 0.1) is 11.9 Å². The highest BCUT2D eigenvalue weighted by Gasteiger charge is 2.11. The van der Waals surface area contributed by atoms with Gasteiger partial charge in [0.2, 0.25) is 0 Å². The molecule has 1 atom stereocenters. The smallest absolute Gasteiger partial charge is 0.285 e. The fourth-order valence-electron chi connectivity index (χ4n) is 1.26. The summed E-state index contributed by atoms with van der Waals surface area (Å²) in [6, 6.07) is 0.0705. The Balaban J connectivity index is 2.76. The van der Waals surface area contributed by atoms with Crippen LogP contribution in [0.5, 0.6) is 0 Å². The van der Waals surface area contributed by atoms with Gasteiger partial charge in [-0.2, -0.15) is 16.9 Å². The van der Waals surface area contributed by atoms with Crippen LogP contribution in [0.3, 0.4) is 0 Å². The van der Waals surface area contributed by atoms with Crippen molar-refractivity contribution in [3.05, 3.63) is 21.6 Å². The molecule has 0 aliphatic heterocycles. The molecule has 90 valence electrons. The van der Waals surface area contributed by atoms with Crippen molar-refractivity contribution in [2.45, 2.75) is 12.5 Å². The van der Waals surface area contributed by atoms with Gasteiger partial charge < -0.3 is 10.4 Å². The average Bonchev–Trinajstić information content (AvgIpc) is 2.25. The minimum absolute atomic E-state index is 0.0705. The second-order valence-corrected chi connectivity index (χ2v) is 4.52. The van der Waals surface area contributed by atoms with Crippen LogP contribution in [0.25, 0.3) is 0 Å². The van der Waals surface area contributed by atoms with Gasteiger partial charge in [0, 0.05) is 18.4 Å². The van der Waals surface area contributed by atoms with Gasteiger partial charge in [0.1, 0.15) is 5.02 Å². The highest BCUT2D eigenvalue weighted by Crippen LogP contribution is 2.17. The molecule has 0 spiro atoms. The highest BCUT2D eigenvalue weighted by atomic mass is 35.5. The summed E-state index contributed by atoms with van der Waals surface area (Å²) < 4.78 is 0. The van der Waals surface area contributed by atoms with Crippen LogP contribution in [-0.4, -0.2) is 40.0 Å². The predicted molar refractivity (Wildman–Crippen MR) is 67.4 cm³/mol. The molecule has 0 aliphatic rings. The Morgan fingerprint density at radius 1 is 1.75 bits per heavy atom. The number of H-pyrrole nitrogens is 1. The predicted octanol–water partition coefficient (Wildman–Crippen LogP) is 0.949. The highest BCUT2D eigenvalue weighted by molar-refractivity contribution is 7.98. The van der Waals surface area contributed by atoms with Crippen LogP contribution >= 0.6 is 23.4 Å². The maximum absolute atomic E-state index is 11.2. The molecule has 0 saturated heterocycles. The van der Waals surface area contributed by atoms with Crippen LogP contribution < -0.4 is 10.9 Å². The topological polar surface area (TPSA) is 78.0 Å². The van der Waals surface area contributed by atoms with Crippen molar-refractivity contribution in [3.63, 3.8) is 0 Å². The molecule has 1 rings (SSSR count). The first-order chi connectivity index (χ1) is 7.69. The number of aromatic amines is 1. The van der Waals surface area contributed by atoms with Crippen molar-refractivity contribution in [2.75, 3.05) is 23.9 Å². The van der Waals surface area contributed by atoms with Crippen molar-refractivity contribution in [2.24, 2.45) is 0 Å². The zero-order valence-electron chi connectivity index (χ0n) is 8.86. The van der Waals surface area contributed by atoms with Gasteiger partial charge in [-0.05, 0) is 12.7 Å². The van der Waals surface area contributed by atoms with E-state index in [1.807, 2.05) is 6.26 Å². The van der Waals surface area contributed by atoms with E-state index in [2.05, 4.69) is 15.5 Å². The van der Waals surface area contributed by atoms with E-state index >= 15 is 0 Å². The summed E-state index contributed by atoms with van der Waals surface area (Å²) in [4.78, 5) is 11.2. The molecule has 0 aromatic carbocycles. The quantitative estimate of drug-likeness (QED) is 0.712. The molecule has 0 amide bonds. The minimum atomic E-state index is -0.418. The van der Waals surface area contributed by atoms with Gasteiger partial charge in [-0.1, -0.05) is 11.6 Å². The Hall–Kier alpha value is -0.720. The zero-order valence-corrected chi connectivity index (χ0v) is 10.4. The molecule has 0 fully saturated rings. The van der Waals surface area contributed by atoms with E-state index in [9.17, 15) is 4.79 Å². The summed E-state index contributed by atoms with van der Waals surface area (Å²) in [7, 11) is 0. The van der Waals surface area contributed by atoms with Crippen LogP contribution in [-0.2, 0) is 0 Å². The number of halogens is 1. The molecule has 0 aliphatic carbocycles. The van der Waals surface area contributed by atoms with Gasteiger partial charge in [0.25, 0.3) is 5.56 Å². The third kappa shape index (κ3) is 3.70. The summed E-state index contributed by atoms with van der Waals surface area (Å²) >= 11 is 7.48. The fourth-order valence-corrected chi connectivity index (χ4v) is 2.06. The van der Waals surface area contributed by atoms with E-state index in [0.29, 0.717) is 12.1 Å². The van der Waals surface area contributed by atoms with Crippen molar-refractivity contribution in [3.8, 4) is 0 Å². The summed E-state index contributed by atoms with van der Waals surface area (Å²) in [5.41, 5.74) is 0.0801. The van der Waals surface area contributed by atoms with Crippen molar-refractivity contribution >= 4 is 29.1 Å². The summed E-state index contributed by atoms with van der Waals surface area (Å²) in [6.45, 7) is 0.0897. The maximum atomic E-state index is 11.2. The molecule has 16 heavy (non-hydrogen) atoms. The minimum Gasteiger partial charge on any atom is -0.396 e. The van der Waals surface area contributed by atoms with Gasteiger partial charge in [0.15, 0.2) is 0 Å². The van der Waals surface area contributed by atoms with Crippen molar-refractivity contribution in [1.29, 1.82) is 0 Å². The van der Waals surface area contributed by atoms with E-state index in [1.165, 1.54) is 6.20 Å². The number of aromatic nitrogens is 2. The number of anilines is 1. The Morgan fingerprint density at radius 2 is 2.50 bits per heavy atom. The van der Waals surface area contributed by atoms with Gasteiger partial charge in [-0.15, -0.1) is 0 Å². The number of hydrogen-bond acceptors (Lipinski definition) is 5. The molecule has 1 heterocycles. The Kier molecular flexibility index (Phi) is 5.65. The second-order valence-electron chi connectivity index (χ2n) is 3.24. The van der Waals surface area contributed by atoms with Crippen LogP contribution in [0.4, 0.5) is 5.69 Å². The second kappa shape index (κ2) is 6.78. The molecule has 1 aromatic heterocycles. The van der Waals surface area contributed by atoms with E-state index in [-0.39, 0.29) is 17.7 Å². The van der Waals surface area contributed by atoms with Gasteiger partial charge >= 0.3 is 0 Å². The Bertz CT molecular complexity index is 379. The number of thioether (sulfide) groups is 1. The molecule has 1 aromatic rings. The van der Waals surface area contributed by atoms with Crippen LogP contribution in [0.2, 0.25) is 5.02 Å². The average molecular weight is 264 g/mol. The molecular formula is C9H14ClN3O2S. The first kappa shape index (κ1) is 13.3. The molecule has 0 saturated carbocycles. The van der Waals surface area contributed by atoms with Crippen LogP contribution in [0.1, 0.15) is 6.42 Å². The molecular weight excluding hydrogens is 250 g/mol. The number of nitrogens with zero attached hydrogens (tertiary/aromatic N) is 1. The van der Waals surface area contributed by atoms with Gasteiger partial charge in [-0.25, -0.2) is 5.10 Å². The Labute approximate surface area is 103 Å². The monoisotopic (exact) mass is 263 g/mol. The van der Waals surface area contributed by atoms with Crippen LogP contribution in [0, 0.1) is 0 Å². The lowest BCUT2D eigenvalue weighted by Crippen LogP contribution is -2.25. The third-order valence-electron chi connectivity index (χ3n) is 2.00. The molecule has 7 heteroatoms. The van der Waals surface area contributed by atoms with Crippen molar-refractivity contribution < 1.29 is 5.11 Å². The Morgan fingerprint density at radius 3 is 3.12 bits per heavy atom. The normalized spacial score (nSPS) is 12.4.